The minimum absolute atomic E-state index is 0.160. The van der Waals surface area contributed by atoms with Crippen LogP contribution < -0.4 is 0 Å². The highest BCUT2D eigenvalue weighted by Crippen LogP contribution is 2.09. The quantitative estimate of drug-likeness (QED) is 0.111. The molecule has 32 heavy (non-hydrogen) atoms. The molecule has 0 fully saturated rings. The third-order valence-corrected chi connectivity index (χ3v) is 5.68. The zero-order valence-corrected chi connectivity index (χ0v) is 21.5. The molecule has 0 aromatic carbocycles. The average molecular weight is 457 g/mol. The van der Waals surface area contributed by atoms with Crippen molar-refractivity contribution in [3.05, 3.63) is 0 Å². The van der Waals surface area contributed by atoms with E-state index in [9.17, 15) is 9.59 Å². The van der Waals surface area contributed by atoms with Gasteiger partial charge in [0.1, 0.15) is 19.3 Å². The van der Waals surface area contributed by atoms with Gasteiger partial charge in [0.2, 0.25) is 0 Å². The number of hydrogen-bond donors (Lipinski definition) is 0. The standard InChI is InChI=1S/C27H52O5/c1-4-7-10-13-16-19-22-30-25(23-31-26(28)20-17-14-11-8-5-2)24-32-27(29)21-18-15-12-9-6-3/h25H,4-24H2,1-3H3. The summed E-state index contributed by atoms with van der Waals surface area (Å²) in [6, 6.07) is 0. The second kappa shape index (κ2) is 24.5. The van der Waals surface area contributed by atoms with E-state index < -0.39 is 0 Å². The third-order valence-electron chi connectivity index (χ3n) is 5.68. The summed E-state index contributed by atoms with van der Waals surface area (Å²) >= 11 is 0. The molecule has 0 bridgehead atoms. The summed E-state index contributed by atoms with van der Waals surface area (Å²) in [7, 11) is 0. The number of carbonyl (C=O) groups excluding carboxylic acids is 2. The van der Waals surface area contributed by atoms with Gasteiger partial charge in [-0.3, -0.25) is 9.59 Å². The summed E-state index contributed by atoms with van der Waals surface area (Å²) in [4.78, 5) is 24.1. The lowest BCUT2D eigenvalue weighted by atomic mass is 10.1. The molecule has 0 heterocycles. The Kier molecular flexibility index (Phi) is 23.7. The van der Waals surface area contributed by atoms with Crippen LogP contribution in [0.1, 0.15) is 136 Å². The van der Waals surface area contributed by atoms with Crippen LogP contribution in [-0.2, 0) is 23.8 Å². The van der Waals surface area contributed by atoms with E-state index in [0.29, 0.717) is 19.4 Å². The van der Waals surface area contributed by atoms with E-state index in [2.05, 4.69) is 20.8 Å². The molecule has 0 atom stereocenters. The molecule has 0 aliphatic rings. The minimum atomic E-state index is -0.376. The second-order valence-electron chi connectivity index (χ2n) is 8.96. The Morgan fingerprint density at radius 1 is 0.531 bits per heavy atom. The van der Waals surface area contributed by atoms with E-state index in [-0.39, 0.29) is 31.3 Å². The monoisotopic (exact) mass is 456 g/mol. The predicted molar refractivity (Wildman–Crippen MR) is 132 cm³/mol. The van der Waals surface area contributed by atoms with Crippen molar-refractivity contribution in [2.75, 3.05) is 19.8 Å². The molecule has 0 radical (unpaired) electrons. The Balaban J connectivity index is 4.17. The smallest absolute Gasteiger partial charge is 0.305 e. The van der Waals surface area contributed by atoms with Crippen molar-refractivity contribution in [2.24, 2.45) is 0 Å². The summed E-state index contributed by atoms with van der Waals surface area (Å²) < 4.78 is 16.8. The van der Waals surface area contributed by atoms with Crippen molar-refractivity contribution in [2.45, 2.75) is 142 Å². The molecule has 0 aliphatic heterocycles. The average Bonchev–Trinajstić information content (AvgIpc) is 2.79. The summed E-state index contributed by atoms with van der Waals surface area (Å²) in [6.45, 7) is 7.51. The van der Waals surface area contributed by atoms with Crippen molar-refractivity contribution in [3.8, 4) is 0 Å². The van der Waals surface area contributed by atoms with Gasteiger partial charge < -0.3 is 14.2 Å². The number of rotatable bonds is 24. The van der Waals surface area contributed by atoms with Crippen LogP contribution in [0.15, 0.2) is 0 Å². The highest BCUT2D eigenvalue weighted by atomic mass is 16.6. The van der Waals surface area contributed by atoms with Gasteiger partial charge >= 0.3 is 11.9 Å². The maximum Gasteiger partial charge on any atom is 0.305 e. The Morgan fingerprint density at radius 2 is 0.906 bits per heavy atom. The maximum atomic E-state index is 12.0. The highest BCUT2D eigenvalue weighted by Gasteiger charge is 2.15. The van der Waals surface area contributed by atoms with Crippen LogP contribution in [0.2, 0.25) is 0 Å². The van der Waals surface area contributed by atoms with E-state index in [1.165, 1.54) is 64.2 Å². The summed E-state index contributed by atoms with van der Waals surface area (Å²) in [6.07, 6.45) is 18.7. The fourth-order valence-electron chi connectivity index (χ4n) is 3.54. The van der Waals surface area contributed by atoms with Gasteiger partial charge in [-0.25, -0.2) is 0 Å². The first kappa shape index (κ1) is 30.9. The Hall–Kier alpha value is -1.10. The molecule has 5 nitrogen and oxygen atoms in total. The first-order chi connectivity index (χ1) is 15.6. The molecular weight excluding hydrogens is 404 g/mol. The summed E-state index contributed by atoms with van der Waals surface area (Å²) in [5.41, 5.74) is 0. The van der Waals surface area contributed by atoms with Crippen LogP contribution in [0.5, 0.6) is 0 Å². The van der Waals surface area contributed by atoms with Gasteiger partial charge in [0.25, 0.3) is 0 Å². The van der Waals surface area contributed by atoms with E-state index >= 15 is 0 Å². The molecule has 0 aromatic rings. The molecule has 0 saturated heterocycles. The van der Waals surface area contributed by atoms with Crippen LogP contribution in [0.25, 0.3) is 0 Å². The molecule has 0 amide bonds. The summed E-state index contributed by atoms with van der Waals surface area (Å²) in [5.74, 6) is -0.367. The fraction of sp³-hybridized carbons (Fsp3) is 0.926. The van der Waals surface area contributed by atoms with E-state index in [1.807, 2.05) is 0 Å². The molecule has 0 aromatic heterocycles. The molecule has 5 heteroatoms. The third kappa shape index (κ3) is 22.1. The Labute approximate surface area is 198 Å². The van der Waals surface area contributed by atoms with E-state index in [4.69, 9.17) is 14.2 Å². The van der Waals surface area contributed by atoms with E-state index in [1.54, 1.807) is 0 Å². The van der Waals surface area contributed by atoms with Crippen molar-refractivity contribution in [3.63, 3.8) is 0 Å². The molecule has 0 unspecified atom stereocenters. The largest absolute Gasteiger partial charge is 0.463 e. The Morgan fingerprint density at radius 3 is 1.34 bits per heavy atom. The molecule has 0 spiro atoms. The lowest BCUT2D eigenvalue weighted by Crippen LogP contribution is -2.29. The molecule has 0 aliphatic carbocycles. The highest BCUT2D eigenvalue weighted by molar-refractivity contribution is 5.69. The van der Waals surface area contributed by atoms with Crippen molar-refractivity contribution in [1.29, 1.82) is 0 Å². The van der Waals surface area contributed by atoms with Crippen molar-refractivity contribution in [1.82, 2.24) is 0 Å². The molecular formula is C27H52O5. The van der Waals surface area contributed by atoms with E-state index in [0.717, 1.165) is 38.5 Å². The predicted octanol–water partition coefficient (Wildman–Crippen LogP) is 7.54. The number of hydrogen-bond acceptors (Lipinski definition) is 5. The van der Waals surface area contributed by atoms with Crippen LogP contribution in [0.4, 0.5) is 0 Å². The van der Waals surface area contributed by atoms with Crippen LogP contribution in [0, 0.1) is 0 Å². The van der Waals surface area contributed by atoms with Gasteiger partial charge in [0, 0.05) is 19.4 Å². The maximum absolute atomic E-state index is 12.0. The second-order valence-corrected chi connectivity index (χ2v) is 8.96. The van der Waals surface area contributed by atoms with Gasteiger partial charge in [-0.1, -0.05) is 104 Å². The first-order valence-electron chi connectivity index (χ1n) is 13.6. The molecule has 0 rings (SSSR count). The van der Waals surface area contributed by atoms with Gasteiger partial charge in [0.15, 0.2) is 0 Å². The number of carbonyl (C=O) groups is 2. The topological polar surface area (TPSA) is 61.8 Å². The fourth-order valence-corrected chi connectivity index (χ4v) is 3.54. The van der Waals surface area contributed by atoms with Gasteiger partial charge in [-0.05, 0) is 19.3 Å². The number of esters is 2. The van der Waals surface area contributed by atoms with Crippen LogP contribution >= 0.6 is 0 Å². The number of ether oxygens (including phenoxy) is 3. The van der Waals surface area contributed by atoms with Crippen LogP contribution in [-0.4, -0.2) is 37.9 Å². The lowest BCUT2D eigenvalue weighted by Gasteiger charge is -2.18. The summed E-state index contributed by atoms with van der Waals surface area (Å²) in [5, 5.41) is 0. The molecule has 190 valence electrons. The normalized spacial score (nSPS) is 11.1. The van der Waals surface area contributed by atoms with Crippen LogP contribution in [0.3, 0.4) is 0 Å². The zero-order valence-electron chi connectivity index (χ0n) is 21.5. The van der Waals surface area contributed by atoms with Gasteiger partial charge in [-0.2, -0.15) is 0 Å². The SMILES string of the molecule is CCCCCCCCOC(COC(=O)CCCCCCC)COC(=O)CCCCCCC. The van der Waals surface area contributed by atoms with Crippen molar-refractivity contribution >= 4 is 11.9 Å². The van der Waals surface area contributed by atoms with Gasteiger partial charge in [0.05, 0.1) is 0 Å². The Bertz CT molecular complexity index is 394. The first-order valence-corrected chi connectivity index (χ1v) is 13.6. The van der Waals surface area contributed by atoms with Gasteiger partial charge in [-0.15, -0.1) is 0 Å². The van der Waals surface area contributed by atoms with Crippen molar-refractivity contribution < 1.29 is 23.8 Å². The lowest BCUT2D eigenvalue weighted by molar-refractivity contribution is -0.155. The number of unbranched alkanes of at least 4 members (excludes halogenated alkanes) is 13. The molecule has 0 saturated carbocycles. The zero-order chi connectivity index (χ0) is 23.7. The minimum Gasteiger partial charge on any atom is -0.463 e. The molecule has 0 N–H and O–H groups in total.